The quantitative estimate of drug-likeness (QED) is 0.530. The maximum atomic E-state index is 13.5. The van der Waals surface area contributed by atoms with Crippen molar-refractivity contribution in [3.8, 4) is 5.75 Å². The van der Waals surface area contributed by atoms with Crippen LogP contribution in [0.3, 0.4) is 0 Å². The molecule has 0 bridgehead atoms. The zero-order chi connectivity index (χ0) is 22.6. The van der Waals surface area contributed by atoms with Gasteiger partial charge >= 0.3 is 0 Å². The summed E-state index contributed by atoms with van der Waals surface area (Å²) in [4.78, 5) is 12.8. The Hall–Kier alpha value is -1.51. The summed E-state index contributed by atoms with van der Waals surface area (Å²) in [5.41, 5.74) is 0.365. The topological polar surface area (TPSA) is 75.7 Å². The Morgan fingerprint density at radius 3 is 2.39 bits per heavy atom. The Morgan fingerprint density at radius 1 is 1.06 bits per heavy atom. The Morgan fingerprint density at radius 2 is 1.77 bits per heavy atom. The molecule has 6 nitrogen and oxygen atoms in total. The standard InChI is InChI=1S/C21H23Cl3N2O4S/c1-30-20-10-8-16(12-18(20)24)31(28,29)26(15-5-3-2-4-6-15)13-21(27)25-19-9-7-14(22)11-17(19)23/h7-12,15H,2-6,13H2,1H3,(H,25,27). The molecule has 1 saturated carbocycles. The van der Waals surface area contributed by atoms with Crippen molar-refractivity contribution in [3.05, 3.63) is 51.5 Å². The fourth-order valence-corrected chi connectivity index (χ4v) is 6.09. The van der Waals surface area contributed by atoms with Gasteiger partial charge in [0.2, 0.25) is 15.9 Å². The van der Waals surface area contributed by atoms with E-state index in [0.717, 1.165) is 19.3 Å². The molecule has 1 fully saturated rings. The van der Waals surface area contributed by atoms with Gasteiger partial charge in [0.25, 0.3) is 0 Å². The molecule has 168 valence electrons. The summed E-state index contributed by atoms with van der Waals surface area (Å²) < 4.78 is 33.4. The lowest BCUT2D eigenvalue weighted by Crippen LogP contribution is -2.45. The van der Waals surface area contributed by atoms with E-state index in [9.17, 15) is 13.2 Å². The minimum absolute atomic E-state index is 0.0150. The summed E-state index contributed by atoms with van der Waals surface area (Å²) in [5.74, 6) is -0.113. The molecule has 0 saturated heterocycles. The molecule has 2 aromatic carbocycles. The van der Waals surface area contributed by atoms with Gasteiger partial charge in [-0.15, -0.1) is 0 Å². The second kappa shape index (κ2) is 10.4. The number of ether oxygens (including phenoxy) is 1. The van der Waals surface area contributed by atoms with E-state index in [0.29, 0.717) is 29.3 Å². The fourth-order valence-electron chi connectivity index (χ4n) is 3.64. The number of rotatable bonds is 7. The summed E-state index contributed by atoms with van der Waals surface area (Å²) in [7, 11) is -2.52. The van der Waals surface area contributed by atoms with Crippen molar-refractivity contribution in [2.75, 3.05) is 19.0 Å². The molecule has 0 radical (unpaired) electrons. The number of benzene rings is 2. The Kier molecular flexibility index (Phi) is 8.10. The van der Waals surface area contributed by atoms with Gasteiger partial charge in [-0.3, -0.25) is 4.79 Å². The maximum absolute atomic E-state index is 13.5. The SMILES string of the molecule is COc1ccc(S(=O)(=O)N(CC(=O)Nc2ccc(Cl)cc2Cl)C2CCCCC2)cc1Cl. The normalized spacial score (nSPS) is 15.1. The number of carbonyl (C=O) groups excluding carboxylic acids is 1. The molecule has 0 aromatic heterocycles. The molecule has 0 aliphatic heterocycles. The number of nitrogens with one attached hydrogen (secondary N) is 1. The predicted molar refractivity (Wildman–Crippen MR) is 124 cm³/mol. The highest BCUT2D eigenvalue weighted by atomic mass is 35.5. The number of amides is 1. The molecular weight excluding hydrogens is 483 g/mol. The number of anilines is 1. The van der Waals surface area contributed by atoms with Gasteiger partial charge in [-0.05, 0) is 49.2 Å². The third-order valence-corrected chi connectivity index (χ3v) is 7.95. The number of carbonyl (C=O) groups is 1. The molecule has 1 amide bonds. The Balaban J connectivity index is 1.88. The van der Waals surface area contributed by atoms with Gasteiger partial charge in [0, 0.05) is 11.1 Å². The number of sulfonamides is 1. The van der Waals surface area contributed by atoms with Crippen LogP contribution in [0.15, 0.2) is 41.3 Å². The third kappa shape index (κ3) is 5.84. The van der Waals surface area contributed by atoms with E-state index in [1.54, 1.807) is 12.1 Å². The largest absolute Gasteiger partial charge is 0.495 e. The van der Waals surface area contributed by atoms with E-state index >= 15 is 0 Å². The fraction of sp³-hybridized carbons (Fsp3) is 0.381. The van der Waals surface area contributed by atoms with Crippen molar-refractivity contribution in [2.24, 2.45) is 0 Å². The lowest BCUT2D eigenvalue weighted by Gasteiger charge is -2.33. The van der Waals surface area contributed by atoms with Crippen LogP contribution in [-0.2, 0) is 14.8 Å². The second-order valence-corrected chi connectivity index (χ2v) is 10.5. The number of nitrogens with zero attached hydrogens (tertiary/aromatic N) is 1. The van der Waals surface area contributed by atoms with Crippen LogP contribution in [0.2, 0.25) is 15.1 Å². The minimum Gasteiger partial charge on any atom is -0.495 e. The van der Waals surface area contributed by atoms with E-state index in [1.807, 2.05) is 0 Å². The van der Waals surface area contributed by atoms with Gasteiger partial charge in [0.15, 0.2) is 0 Å². The van der Waals surface area contributed by atoms with Crippen molar-refractivity contribution in [1.29, 1.82) is 0 Å². The molecule has 1 aliphatic rings. The molecule has 10 heteroatoms. The van der Waals surface area contributed by atoms with Crippen LogP contribution in [0.5, 0.6) is 5.75 Å². The van der Waals surface area contributed by atoms with Gasteiger partial charge in [-0.25, -0.2) is 8.42 Å². The number of hydrogen-bond donors (Lipinski definition) is 1. The summed E-state index contributed by atoms with van der Waals surface area (Å²) in [6, 6.07) is 8.69. The van der Waals surface area contributed by atoms with Crippen LogP contribution in [0.4, 0.5) is 5.69 Å². The monoisotopic (exact) mass is 504 g/mol. The lowest BCUT2D eigenvalue weighted by atomic mass is 9.95. The van der Waals surface area contributed by atoms with Crippen LogP contribution >= 0.6 is 34.8 Å². The zero-order valence-electron chi connectivity index (χ0n) is 16.9. The Bertz CT molecular complexity index is 1060. The van der Waals surface area contributed by atoms with Crippen LogP contribution < -0.4 is 10.1 Å². The van der Waals surface area contributed by atoms with Crippen LogP contribution in [0.25, 0.3) is 0 Å². The van der Waals surface area contributed by atoms with Crippen molar-refractivity contribution in [2.45, 2.75) is 43.0 Å². The zero-order valence-corrected chi connectivity index (χ0v) is 20.0. The van der Waals surface area contributed by atoms with E-state index in [4.69, 9.17) is 39.5 Å². The summed E-state index contributed by atoms with van der Waals surface area (Å²) >= 11 is 18.2. The van der Waals surface area contributed by atoms with Crippen LogP contribution in [0.1, 0.15) is 32.1 Å². The third-order valence-electron chi connectivity index (χ3n) is 5.22. The van der Waals surface area contributed by atoms with Crippen LogP contribution in [-0.4, -0.2) is 38.3 Å². The summed E-state index contributed by atoms with van der Waals surface area (Å²) in [5, 5.41) is 3.57. The van der Waals surface area contributed by atoms with Gasteiger partial charge < -0.3 is 10.1 Å². The predicted octanol–water partition coefficient (Wildman–Crippen LogP) is 5.62. The first-order chi connectivity index (χ1) is 14.7. The number of hydrogen-bond acceptors (Lipinski definition) is 4. The number of halogens is 3. The molecule has 31 heavy (non-hydrogen) atoms. The molecule has 0 unspecified atom stereocenters. The van der Waals surface area contributed by atoms with Crippen molar-refractivity contribution >= 4 is 56.4 Å². The molecule has 2 aromatic rings. The van der Waals surface area contributed by atoms with Gasteiger partial charge in [0.05, 0.1) is 34.3 Å². The first kappa shape index (κ1) is 24.1. The van der Waals surface area contributed by atoms with Crippen molar-refractivity contribution in [3.63, 3.8) is 0 Å². The highest BCUT2D eigenvalue weighted by Crippen LogP contribution is 2.32. The Labute approximate surface area is 197 Å². The van der Waals surface area contributed by atoms with E-state index < -0.39 is 15.9 Å². The maximum Gasteiger partial charge on any atom is 0.243 e. The highest BCUT2D eigenvalue weighted by Gasteiger charge is 2.34. The minimum atomic E-state index is -3.97. The number of methoxy groups -OCH3 is 1. The highest BCUT2D eigenvalue weighted by molar-refractivity contribution is 7.89. The molecule has 0 heterocycles. The summed E-state index contributed by atoms with van der Waals surface area (Å²) in [6.45, 7) is -0.338. The first-order valence-electron chi connectivity index (χ1n) is 9.82. The molecule has 3 rings (SSSR count). The van der Waals surface area contributed by atoms with E-state index in [1.165, 1.54) is 35.7 Å². The van der Waals surface area contributed by atoms with E-state index in [-0.39, 0.29) is 27.5 Å². The lowest BCUT2D eigenvalue weighted by molar-refractivity contribution is -0.116. The van der Waals surface area contributed by atoms with Crippen molar-refractivity contribution in [1.82, 2.24) is 4.31 Å². The summed E-state index contributed by atoms with van der Waals surface area (Å²) in [6.07, 6.45) is 4.25. The average Bonchev–Trinajstić information content (AvgIpc) is 2.74. The molecule has 1 aliphatic carbocycles. The van der Waals surface area contributed by atoms with Gasteiger partial charge in [0.1, 0.15) is 5.75 Å². The molecule has 0 atom stereocenters. The molecular formula is C21H23Cl3N2O4S. The molecule has 0 spiro atoms. The smallest absolute Gasteiger partial charge is 0.243 e. The second-order valence-electron chi connectivity index (χ2n) is 7.31. The van der Waals surface area contributed by atoms with Gasteiger partial charge in [-0.1, -0.05) is 54.1 Å². The average molecular weight is 506 g/mol. The molecule has 1 N–H and O–H groups in total. The van der Waals surface area contributed by atoms with Gasteiger partial charge in [-0.2, -0.15) is 4.31 Å². The van der Waals surface area contributed by atoms with Crippen molar-refractivity contribution < 1.29 is 17.9 Å². The first-order valence-corrected chi connectivity index (χ1v) is 12.4. The van der Waals surface area contributed by atoms with Crippen LogP contribution in [0, 0.1) is 0 Å². The van der Waals surface area contributed by atoms with E-state index in [2.05, 4.69) is 5.32 Å².